The van der Waals surface area contributed by atoms with Crippen LogP contribution in [0.3, 0.4) is 0 Å². The van der Waals surface area contributed by atoms with Crippen molar-refractivity contribution in [3.05, 3.63) is 77.4 Å². The zero-order valence-corrected chi connectivity index (χ0v) is 16.9. The van der Waals surface area contributed by atoms with E-state index in [1.54, 1.807) is 6.20 Å². The lowest BCUT2D eigenvalue weighted by atomic mass is 10.0. The molecule has 28 heavy (non-hydrogen) atoms. The Labute approximate surface area is 166 Å². The molecule has 1 amide bonds. The summed E-state index contributed by atoms with van der Waals surface area (Å²) in [5, 5.41) is 2.92. The van der Waals surface area contributed by atoms with Crippen LogP contribution in [0, 0.1) is 13.8 Å². The third kappa shape index (κ3) is 4.80. The minimum Gasteiger partial charge on any atom is -0.483 e. The Balaban J connectivity index is 1.54. The fourth-order valence-corrected chi connectivity index (χ4v) is 3.06. The molecule has 0 bridgehead atoms. The average molecular weight is 377 g/mol. The van der Waals surface area contributed by atoms with E-state index in [9.17, 15) is 4.79 Å². The molecule has 146 valence electrons. The van der Waals surface area contributed by atoms with Crippen molar-refractivity contribution in [1.82, 2.24) is 14.9 Å². The molecular weight excluding hydrogens is 350 g/mol. The second-order valence-electron chi connectivity index (χ2n) is 7.27. The molecule has 0 unspecified atom stereocenters. The summed E-state index contributed by atoms with van der Waals surface area (Å²) in [7, 11) is 0. The lowest BCUT2D eigenvalue weighted by Gasteiger charge is -2.15. The fourth-order valence-electron chi connectivity index (χ4n) is 3.06. The summed E-state index contributed by atoms with van der Waals surface area (Å²) in [6, 6.07) is 14.2. The summed E-state index contributed by atoms with van der Waals surface area (Å²) >= 11 is 0. The Kier molecular flexibility index (Phi) is 6.14. The Morgan fingerprint density at radius 2 is 1.89 bits per heavy atom. The van der Waals surface area contributed by atoms with E-state index in [4.69, 9.17) is 4.74 Å². The quantitative estimate of drug-likeness (QED) is 0.668. The molecule has 0 atom stereocenters. The lowest BCUT2D eigenvalue weighted by molar-refractivity contribution is -0.123. The summed E-state index contributed by atoms with van der Waals surface area (Å²) in [4.78, 5) is 16.4. The smallest absolute Gasteiger partial charge is 0.258 e. The van der Waals surface area contributed by atoms with Gasteiger partial charge in [-0.3, -0.25) is 4.79 Å². The van der Waals surface area contributed by atoms with Gasteiger partial charge in [0.2, 0.25) is 0 Å². The Hall–Kier alpha value is -3.08. The van der Waals surface area contributed by atoms with Crippen LogP contribution in [0.5, 0.6) is 5.75 Å². The van der Waals surface area contributed by atoms with Gasteiger partial charge in [0.15, 0.2) is 6.61 Å². The molecular formula is C23H27N3O2. The van der Waals surface area contributed by atoms with E-state index in [1.165, 1.54) is 0 Å². The van der Waals surface area contributed by atoms with Gasteiger partial charge in [0.25, 0.3) is 5.91 Å². The topological polar surface area (TPSA) is 56.1 Å². The Morgan fingerprint density at radius 3 is 2.54 bits per heavy atom. The van der Waals surface area contributed by atoms with E-state index in [2.05, 4.69) is 36.3 Å². The first-order chi connectivity index (χ1) is 13.4. The van der Waals surface area contributed by atoms with Crippen molar-refractivity contribution in [1.29, 1.82) is 0 Å². The number of rotatable bonds is 7. The predicted molar refractivity (Wildman–Crippen MR) is 111 cm³/mol. The van der Waals surface area contributed by atoms with Crippen LogP contribution in [0.1, 0.15) is 42.3 Å². The second kappa shape index (κ2) is 8.74. The number of ether oxygens (including phenoxy) is 1. The molecule has 0 aliphatic heterocycles. The number of nitrogens with zero attached hydrogens (tertiary/aromatic N) is 2. The molecule has 1 heterocycles. The molecule has 0 fully saturated rings. The maximum absolute atomic E-state index is 12.2. The Morgan fingerprint density at radius 1 is 1.14 bits per heavy atom. The molecule has 5 nitrogen and oxygen atoms in total. The highest BCUT2D eigenvalue weighted by atomic mass is 16.5. The molecule has 0 radical (unpaired) electrons. The van der Waals surface area contributed by atoms with Crippen LogP contribution in [-0.2, 0) is 11.3 Å². The SMILES string of the molecule is Cc1ccc(C(C)C)c(OCC(=O)NCc2ccc(-n3ccnc3C)cc2)c1. The van der Waals surface area contributed by atoms with Gasteiger partial charge in [-0.25, -0.2) is 4.98 Å². The molecule has 1 aromatic heterocycles. The fraction of sp³-hybridized carbons (Fsp3) is 0.304. The van der Waals surface area contributed by atoms with Gasteiger partial charge in [0.1, 0.15) is 11.6 Å². The average Bonchev–Trinajstić information content (AvgIpc) is 3.11. The van der Waals surface area contributed by atoms with Gasteiger partial charge in [0, 0.05) is 24.6 Å². The third-order valence-electron chi connectivity index (χ3n) is 4.68. The van der Waals surface area contributed by atoms with Crippen molar-refractivity contribution in [2.24, 2.45) is 0 Å². The van der Waals surface area contributed by atoms with Gasteiger partial charge < -0.3 is 14.6 Å². The van der Waals surface area contributed by atoms with E-state index in [0.29, 0.717) is 12.5 Å². The van der Waals surface area contributed by atoms with E-state index >= 15 is 0 Å². The highest BCUT2D eigenvalue weighted by molar-refractivity contribution is 5.77. The number of aromatic nitrogens is 2. The summed E-state index contributed by atoms with van der Waals surface area (Å²) in [5.41, 5.74) is 4.32. The molecule has 0 aliphatic carbocycles. The van der Waals surface area contributed by atoms with Crippen LogP contribution < -0.4 is 10.1 Å². The number of nitrogens with one attached hydrogen (secondary N) is 1. The minimum atomic E-state index is -0.134. The minimum absolute atomic E-state index is 0.00941. The number of carbonyl (C=O) groups is 1. The van der Waals surface area contributed by atoms with Crippen molar-refractivity contribution < 1.29 is 9.53 Å². The molecule has 3 rings (SSSR count). The van der Waals surface area contributed by atoms with Crippen LogP contribution in [0.15, 0.2) is 54.9 Å². The number of imidazole rings is 1. The van der Waals surface area contributed by atoms with E-state index in [0.717, 1.165) is 34.0 Å². The van der Waals surface area contributed by atoms with Gasteiger partial charge in [0.05, 0.1) is 0 Å². The van der Waals surface area contributed by atoms with Crippen molar-refractivity contribution >= 4 is 5.91 Å². The first-order valence-electron chi connectivity index (χ1n) is 9.53. The van der Waals surface area contributed by atoms with Crippen molar-refractivity contribution in [2.75, 3.05) is 6.61 Å². The van der Waals surface area contributed by atoms with E-state index in [-0.39, 0.29) is 12.5 Å². The molecule has 0 saturated heterocycles. The number of carbonyl (C=O) groups excluding carboxylic acids is 1. The molecule has 1 N–H and O–H groups in total. The van der Waals surface area contributed by atoms with Crippen LogP contribution in [0.4, 0.5) is 0 Å². The third-order valence-corrected chi connectivity index (χ3v) is 4.68. The van der Waals surface area contributed by atoms with Crippen LogP contribution >= 0.6 is 0 Å². The van der Waals surface area contributed by atoms with E-state index < -0.39 is 0 Å². The van der Waals surface area contributed by atoms with Crippen LogP contribution in [-0.4, -0.2) is 22.1 Å². The van der Waals surface area contributed by atoms with Crippen molar-refractivity contribution in [3.8, 4) is 11.4 Å². The van der Waals surface area contributed by atoms with Crippen molar-refractivity contribution in [3.63, 3.8) is 0 Å². The summed E-state index contributed by atoms with van der Waals surface area (Å²) in [6.45, 7) is 8.70. The summed E-state index contributed by atoms with van der Waals surface area (Å²) in [5.74, 6) is 1.93. The number of amides is 1. The molecule has 2 aromatic carbocycles. The van der Waals surface area contributed by atoms with E-state index in [1.807, 2.05) is 54.9 Å². The van der Waals surface area contributed by atoms with Gasteiger partial charge in [-0.05, 0) is 54.7 Å². The number of aryl methyl sites for hydroxylation is 2. The van der Waals surface area contributed by atoms with Crippen LogP contribution in [0.25, 0.3) is 5.69 Å². The molecule has 3 aromatic rings. The first-order valence-corrected chi connectivity index (χ1v) is 9.53. The zero-order chi connectivity index (χ0) is 20.1. The maximum Gasteiger partial charge on any atom is 0.258 e. The van der Waals surface area contributed by atoms with Gasteiger partial charge in [-0.15, -0.1) is 0 Å². The van der Waals surface area contributed by atoms with Gasteiger partial charge in [-0.1, -0.05) is 38.1 Å². The summed E-state index contributed by atoms with van der Waals surface area (Å²) in [6.07, 6.45) is 3.71. The molecule has 0 spiro atoms. The normalized spacial score (nSPS) is 10.9. The zero-order valence-electron chi connectivity index (χ0n) is 16.9. The highest BCUT2D eigenvalue weighted by Crippen LogP contribution is 2.27. The number of benzene rings is 2. The van der Waals surface area contributed by atoms with Gasteiger partial charge in [-0.2, -0.15) is 0 Å². The van der Waals surface area contributed by atoms with Crippen molar-refractivity contribution in [2.45, 2.75) is 40.2 Å². The molecule has 5 heteroatoms. The molecule has 0 saturated carbocycles. The lowest BCUT2D eigenvalue weighted by Crippen LogP contribution is -2.28. The maximum atomic E-state index is 12.2. The van der Waals surface area contributed by atoms with Crippen LogP contribution in [0.2, 0.25) is 0 Å². The second-order valence-corrected chi connectivity index (χ2v) is 7.27. The largest absolute Gasteiger partial charge is 0.483 e. The first kappa shape index (κ1) is 19.7. The number of hydrogen-bond acceptors (Lipinski definition) is 3. The Bertz CT molecular complexity index is 943. The standard InChI is InChI=1S/C23H27N3O2/c1-16(2)21-10-5-17(3)13-22(21)28-15-23(27)25-14-19-6-8-20(9-7-19)26-12-11-24-18(26)4/h5-13,16H,14-15H2,1-4H3,(H,25,27). The molecule has 0 aliphatic rings. The monoisotopic (exact) mass is 377 g/mol. The highest BCUT2D eigenvalue weighted by Gasteiger charge is 2.10. The number of hydrogen-bond donors (Lipinski definition) is 1. The predicted octanol–water partition coefficient (Wildman–Crippen LogP) is 4.31. The van der Waals surface area contributed by atoms with Gasteiger partial charge >= 0.3 is 0 Å². The summed E-state index contributed by atoms with van der Waals surface area (Å²) < 4.78 is 7.81.